The van der Waals surface area contributed by atoms with Gasteiger partial charge in [0, 0.05) is 9.86 Å². The highest BCUT2D eigenvalue weighted by molar-refractivity contribution is 9.10. The Labute approximate surface area is 111 Å². The number of anilines is 1. The van der Waals surface area contributed by atoms with E-state index in [1.165, 1.54) is 0 Å². The van der Waals surface area contributed by atoms with Gasteiger partial charge in [0.25, 0.3) is 0 Å². The van der Waals surface area contributed by atoms with E-state index < -0.39 is 0 Å². The fourth-order valence-electron chi connectivity index (χ4n) is 1.49. The molecule has 0 saturated heterocycles. The van der Waals surface area contributed by atoms with Crippen LogP contribution in [0.25, 0.3) is 10.9 Å². The summed E-state index contributed by atoms with van der Waals surface area (Å²) >= 11 is 3.44. The Bertz CT molecular complexity index is 497. The van der Waals surface area contributed by atoms with E-state index in [0.29, 0.717) is 5.82 Å². The number of pyridine rings is 1. The molecule has 0 radical (unpaired) electrons. The molecule has 0 aliphatic heterocycles. The van der Waals surface area contributed by atoms with Gasteiger partial charge in [-0.1, -0.05) is 22.9 Å². The van der Waals surface area contributed by atoms with Gasteiger partial charge in [-0.3, -0.25) is 0 Å². The molecule has 0 atom stereocenters. The molecule has 92 valence electrons. The zero-order valence-electron chi connectivity index (χ0n) is 10.4. The average molecular weight is 296 g/mol. The highest BCUT2D eigenvalue weighted by atomic mass is 79.9. The molecule has 0 fully saturated rings. The van der Waals surface area contributed by atoms with Crippen LogP contribution in [0.5, 0.6) is 0 Å². The minimum absolute atomic E-state index is 0.641. The van der Waals surface area contributed by atoms with Gasteiger partial charge in [-0.15, -0.1) is 0 Å². The number of hydrogen-bond acceptors (Lipinski definition) is 3. The molecule has 0 unspecified atom stereocenters. The molecule has 1 heterocycles. The molecule has 2 aromatic rings. The van der Waals surface area contributed by atoms with Gasteiger partial charge >= 0.3 is 0 Å². The van der Waals surface area contributed by atoms with Gasteiger partial charge in [0.15, 0.2) is 0 Å². The van der Waals surface area contributed by atoms with Crippen LogP contribution in [0.1, 0.15) is 12.5 Å². The maximum atomic E-state index is 5.81. The molecule has 0 aliphatic rings. The van der Waals surface area contributed by atoms with E-state index in [9.17, 15) is 0 Å². The van der Waals surface area contributed by atoms with Crippen LogP contribution in [0.15, 0.2) is 28.7 Å². The summed E-state index contributed by atoms with van der Waals surface area (Å²) in [6.07, 6.45) is 0.918. The SMILES string of the molecule is CCc1cc2cc(Br)ccc2nc1N.CNC. The number of nitrogens with one attached hydrogen (secondary N) is 1. The van der Waals surface area contributed by atoms with E-state index in [1.807, 2.05) is 26.2 Å². The minimum Gasteiger partial charge on any atom is -0.383 e. The van der Waals surface area contributed by atoms with Crippen molar-refractivity contribution in [2.24, 2.45) is 0 Å². The average Bonchev–Trinajstić information content (AvgIpc) is 2.30. The number of fused-ring (bicyclic) bond motifs is 1. The first-order chi connectivity index (χ1) is 8.12. The summed E-state index contributed by atoms with van der Waals surface area (Å²) in [6, 6.07) is 8.10. The Morgan fingerprint density at radius 3 is 2.53 bits per heavy atom. The second-order valence-electron chi connectivity index (χ2n) is 3.72. The van der Waals surface area contributed by atoms with E-state index in [0.717, 1.165) is 27.4 Å². The maximum Gasteiger partial charge on any atom is 0.127 e. The van der Waals surface area contributed by atoms with E-state index in [4.69, 9.17) is 5.73 Å². The van der Waals surface area contributed by atoms with E-state index in [-0.39, 0.29) is 0 Å². The predicted molar refractivity (Wildman–Crippen MR) is 78.2 cm³/mol. The molecule has 2 rings (SSSR count). The molecular formula is C13H18BrN3. The smallest absolute Gasteiger partial charge is 0.127 e. The fourth-order valence-corrected chi connectivity index (χ4v) is 1.87. The summed E-state index contributed by atoms with van der Waals surface area (Å²) in [5, 5.41) is 3.88. The molecule has 0 saturated carbocycles. The summed E-state index contributed by atoms with van der Waals surface area (Å²) in [4.78, 5) is 4.34. The van der Waals surface area contributed by atoms with Gasteiger partial charge in [0.2, 0.25) is 0 Å². The third-order valence-corrected chi connectivity index (χ3v) is 2.76. The largest absolute Gasteiger partial charge is 0.383 e. The van der Waals surface area contributed by atoms with Crippen LogP contribution >= 0.6 is 15.9 Å². The molecule has 3 N–H and O–H groups in total. The van der Waals surface area contributed by atoms with Crippen molar-refractivity contribution in [3.05, 3.63) is 34.3 Å². The summed E-state index contributed by atoms with van der Waals surface area (Å²) < 4.78 is 1.07. The van der Waals surface area contributed by atoms with Crippen molar-refractivity contribution in [1.29, 1.82) is 0 Å². The van der Waals surface area contributed by atoms with Crippen molar-refractivity contribution in [1.82, 2.24) is 10.3 Å². The van der Waals surface area contributed by atoms with Crippen molar-refractivity contribution in [3.8, 4) is 0 Å². The normalized spacial score (nSPS) is 9.88. The van der Waals surface area contributed by atoms with Crippen molar-refractivity contribution in [3.63, 3.8) is 0 Å². The number of hydrogen-bond donors (Lipinski definition) is 2. The Hall–Kier alpha value is -1.13. The monoisotopic (exact) mass is 295 g/mol. The van der Waals surface area contributed by atoms with Crippen LogP contribution in [0.4, 0.5) is 5.82 Å². The number of nitrogens with zero attached hydrogens (tertiary/aromatic N) is 1. The fraction of sp³-hybridized carbons (Fsp3) is 0.308. The van der Waals surface area contributed by atoms with Crippen molar-refractivity contribution < 1.29 is 0 Å². The molecule has 17 heavy (non-hydrogen) atoms. The van der Waals surface area contributed by atoms with E-state index in [2.05, 4.69) is 45.3 Å². The second kappa shape index (κ2) is 6.57. The van der Waals surface area contributed by atoms with Crippen LogP contribution in [0, 0.1) is 0 Å². The quantitative estimate of drug-likeness (QED) is 0.850. The highest BCUT2D eigenvalue weighted by Crippen LogP contribution is 2.22. The number of aryl methyl sites for hydroxylation is 1. The first-order valence-corrected chi connectivity index (χ1v) is 6.34. The lowest BCUT2D eigenvalue weighted by Gasteiger charge is -2.04. The first-order valence-electron chi connectivity index (χ1n) is 5.55. The van der Waals surface area contributed by atoms with Crippen LogP contribution in [-0.4, -0.2) is 19.1 Å². The molecule has 0 spiro atoms. The lowest BCUT2D eigenvalue weighted by Crippen LogP contribution is -1.96. The van der Waals surface area contributed by atoms with Crippen molar-refractivity contribution in [2.45, 2.75) is 13.3 Å². The maximum absolute atomic E-state index is 5.81. The van der Waals surface area contributed by atoms with Crippen LogP contribution in [0.2, 0.25) is 0 Å². The Morgan fingerprint density at radius 1 is 1.29 bits per heavy atom. The molecule has 1 aromatic heterocycles. The molecule has 4 heteroatoms. The molecule has 0 aliphatic carbocycles. The van der Waals surface area contributed by atoms with E-state index >= 15 is 0 Å². The number of rotatable bonds is 1. The molecule has 0 bridgehead atoms. The topological polar surface area (TPSA) is 50.9 Å². The lowest BCUT2D eigenvalue weighted by molar-refractivity contribution is 1.02. The second-order valence-corrected chi connectivity index (χ2v) is 4.64. The number of benzene rings is 1. The van der Waals surface area contributed by atoms with Crippen molar-refractivity contribution in [2.75, 3.05) is 19.8 Å². The molecule has 3 nitrogen and oxygen atoms in total. The van der Waals surface area contributed by atoms with Gasteiger partial charge in [0.1, 0.15) is 5.82 Å². The third kappa shape index (κ3) is 3.68. The summed E-state index contributed by atoms with van der Waals surface area (Å²) in [5.41, 5.74) is 7.87. The minimum atomic E-state index is 0.641. The van der Waals surface area contributed by atoms with Gasteiger partial charge in [-0.25, -0.2) is 4.98 Å². The van der Waals surface area contributed by atoms with E-state index in [1.54, 1.807) is 0 Å². The van der Waals surface area contributed by atoms with Gasteiger partial charge < -0.3 is 11.1 Å². The number of halogens is 1. The highest BCUT2D eigenvalue weighted by Gasteiger charge is 2.02. The first kappa shape index (κ1) is 13.9. The zero-order chi connectivity index (χ0) is 12.8. The number of nitrogen functional groups attached to an aromatic ring is 1. The predicted octanol–water partition coefficient (Wildman–Crippen LogP) is 2.98. The molecular weight excluding hydrogens is 278 g/mol. The number of aromatic nitrogens is 1. The van der Waals surface area contributed by atoms with Crippen molar-refractivity contribution >= 4 is 32.7 Å². The van der Waals surface area contributed by atoms with Crippen LogP contribution in [0.3, 0.4) is 0 Å². The van der Waals surface area contributed by atoms with Gasteiger partial charge in [0.05, 0.1) is 5.52 Å². The summed E-state index contributed by atoms with van der Waals surface area (Å²) in [5.74, 6) is 0.641. The Morgan fingerprint density at radius 2 is 1.94 bits per heavy atom. The van der Waals surface area contributed by atoms with Gasteiger partial charge in [-0.05, 0) is 50.3 Å². The Balaban J connectivity index is 0.000000437. The summed E-state index contributed by atoms with van der Waals surface area (Å²) in [7, 11) is 3.75. The standard InChI is InChI=1S/C11H11BrN2.C2H7N/c1-2-7-5-8-6-9(12)3-4-10(8)14-11(7)13;1-3-2/h3-6H,2H2,1H3,(H2,13,14);3H,1-2H3. The lowest BCUT2D eigenvalue weighted by atomic mass is 10.1. The Kier molecular flexibility index (Phi) is 5.38. The van der Waals surface area contributed by atoms with Crippen LogP contribution in [-0.2, 0) is 6.42 Å². The van der Waals surface area contributed by atoms with Gasteiger partial charge in [-0.2, -0.15) is 0 Å². The third-order valence-electron chi connectivity index (χ3n) is 2.27. The zero-order valence-corrected chi connectivity index (χ0v) is 12.0. The van der Waals surface area contributed by atoms with Crippen LogP contribution < -0.4 is 11.1 Å². The summed E-state index contributed by atoms with van der Waals surface area (Å²) in [6.45, 7) is 2.08. The molecule has 0 amide bonds. The molecule has 1 aromatic carbocycles. The number of nitrogens with two attached hydrogens (primary N) is 1.